The van der Waals surface area contributed by atoms with Crippen molar-refractivity contribution in [3.63, 3.8) is 0 Å². The minimum atomic E-state index is -0.916. The van der Waals surface area contributed by atoms with Crippen LogP contribution in [0.25, 0.3) is 0 Å². The zero-order valence-electron chi connectivity index (χ0n) is 12.1. The van der Waals surface area contributed by atoms with E-state index in [0.717, 1.165) is 10.2 Å². The zero-order chi connectivity index (χ0) is 15.8. The molecule has 0 radical (unpaired) electrons. The highest BCUT2D eigenvalue weighted by atomic mass is 79.9. The molecule has 6 heteroatoms. The van der Waals surface area contributed by atoms with Crippen LogP contribution in [0.2, 0.25) is 0 Å². The highest BCUT2D eigenvalue weighted by Crippen LogP contribution is 2.17. The Balaban J connectivity index is 2.23. The lowest BCUT2D eigenvalue weighted by molar-refractivity contribution is -0.142. The molecule has 2 atom stereocenters. The third kappa shape index (κ3) is 6.62. The summed E-state index contributed by atoms with van der Waals surface area (Å²) in [6.07, 6.45) is 0.886. The van der Waals surface area contributed by atoms with E-state index in [0.29, 0.717) is 19.4 Å². The van der Waals surface area contributed by atoms with E-state index in [4.69, 9.17) is 9.84 Å². The molecule has 5 nitrogen and oxygen atoms in total. The van der Waals surface area contributed by atoms with Crippen molar-refractivity contribution >= 4 is 27.8 Å². The molecule has 2 N–H and O–H groups in total. The number of carbonyl (C=O) groups is 2. The predicted molar refractivity (Wildman–Crippen MR) is 83.3 cm³/mol. The van der Waals surface area contributed by atoms with Gasteiger partial charge in [-0.15, -0.1) is 0 Å². The zero-order valence-corrected chi connectivity index (χ0v) is 13.7. The van der Waals surface area contributed by atoms with Crippen molar-refractivity contribution in [1.29, 1.82) is 0 Å². The van der Waals surface area contributed by atoms with Gasteiger partial charge in [-0.2, -0.15) is 0 Å². The van der Waals surface area contributed by atoms with Crippen molar-refractivity contribution in [3.05, 3.63) is 28.7 Å². The van der Waals surface area contributed by atoms with E-state index in [1.807, 2.05) is 24.3 Å². The third-order valence-corrected chi connectivity index (χ3v) is 3.63. The number of carboxylic acids is 1. The number of amides is 1. The molecular weight excluding hydrogens is 338 g/mol. The molecule has 21 heavy (non-hydrogen) atoms. The van der Waals surface area contributed by atoms with Crippen molar-refractivity contribution in [3.8, 4) is 5.75 Å². The summed E-state index contributed by atoms with van der Waals surface area (Å²) in [7, 11) is 0. The number of carbonyl (C=O) groups excluding carboxylic acids is 1. The summed E-state index contributed by atoms with van der Waals surface area (Å²) < 4.78 is 6.46. The maximum atomic E-state index is 11.7. The van der Waals surface area contributed by atoms with Crippen molar-refractivity contribution in [2.75, 3.05) is 6.61 Å². The van der Waals surface area contributed by atoms with Crippen LogP contribution in [-0.2, 0) is 9.59 Å². The van der Waals surface area contributed by atoms with E-state index >= 15 is 0 Å². The summed E-state index contributed by atoms with van der Waals surface area (Å²) in [4.78, 5) is 22.5. The molecule has 0 aliphatic rings. The van der Waals surface area contributed by atoms with Crippen LogP contribution in [0.3, 0.4) is 0 Å². The molecule has 1 rings (SSSR count). The molecule has 0 aromatic heterocycles. The van der Waals surface area contributed by atoms with E-state index in [1.165, 1.54) is 0 Å². The van der Waals surface area contributed by atoms with Gasteiger partial charge in [-0.25, -0.2) is 0 Å². The fraction of sp³-hybridized carbons (Fsp3) is 0.467. The highest BCUT2D eigenvalue weighted by molar-refractivity contribution is 9.10. The largest absolute Gasteiger partial charge is 0.494 e. The Kier molecular flexibility index (Phi) is 7.22. The molecule has 0 saturated heterocycles. The van der Waals surface area contributed by atoms with Gasteiger partial charge in [0.1, 0.15) is 5.75 Å². The molecule has 0 heterocycles. The first-order valence-electron chi connectivity index (χ1n) is 6.80. The quantitative estimate of drug-likeness (QED) is 0.701. The predicted octanol–water partition coefficient (Wildman–Crippen LogP) is 2.83. The Morgan fingerprint density at radius 3 is 2.71 bits per heavy atom. The van der Waals surface area contributed by atoms with Crippen molar-refractivity contribution in [2.24, 2.45) is 5.92 Å². The van der Waals surface area contributed by atoms with Crippen molar-refractivity contribution in [1.82, 2.24) is 5.32 Å². The summed E-state index contributed by atoms with van der Waals surface area (Å²) in [5.74, 6) is -0.932. The fourth-order valence-electron chi connectivity index (χ4n) is 1.64. The Morgan fingerprint density at radius 1 is 1.38 bits per heavy atom. The SMILES string of the molecule is CC(NC(=O)CCCOc1cccc(Br)c1)C(C)C(=O)O. The Labute approximate surface area is 132 Å². The second-order valence-corrected chi connectivity index (χ2v) is 5.81. The second-order valence-electron chi connectivity index (χ2n) is 4.89. The third-order valence-electron chi connectivity index (χ3n) is 3.14. The minimum Gasteiger partial charge on any atom is -0.494 e. The Bertz CT molecular complexity index is 492. The monoisotopic (exact) mass is 357 g/mol. The molecule has 116 valence electrons. The van der Waals surface area contributed by atoms with Crippen LogP contribution in [0.15, 0.2) is 28.7 Å². The summed E-state index contributed by atoms with van der Waals surface area (Å²) in [5.41, 5.74) is 0. The van der Waals surface area contributed by atoms with Gasteiger partial charge < -0.3 is 15.2 Å². The first kappa shape index (κ1) is 17.5. The van der Waals surface area contributed by atoms with Gasteiger partial charge in [0.25, 0.3) is 0 Å². The molecule has 0 spiro atoms. The van der Waals surface area contributed by atoms with Crippen LogP contribution in [0.1, 0.15) is 26.7 Å². The van der Waals surface area contributed by atoms with E-state index in [9.17, 15) is 9.59 Å². The number of carboxylic acid groups (broad SMARTS) is 1. The number of nitrogens with one attached hydrogen (secondary N) is 1. The number of halogens is 1. The van der Waals surface area contributed by atoms with E-state index < -0.39 is 11.9 Å². The molecule has 0 aliphatic carbocycles. The van der Waals surface area contributed by atoms with Gasteiger partial charge in [-0.05, 0) is 38.5 Å². The average Bonchev–Trinajstić information content (AvgIpc) is 2.42. The van der Waals surface area contributed by atoms with E-state index in [-0.39, 0.29) is 11.9 Å². The molecule has 0 bridgehead atoms. The van der Waals surface area contributed by atoms with Crippen LogP contribution in [0, 0.1) is 5.92 Å². The maximum Gasteiger partial charge on any atom is 0.308 e. The van der Waals surface area contributed by atoms with Gasteiger partial charge in [0, 0.05) is 16.9 Å². The lowest BCUT2D eigenvalue weighted by Crippen LogP contribution is -2.40. The molecule has 0 saturated carbocycles. The lowest BCUT2D eigenvalue weighted by Gasteiger charge is -2.17. The molecule has 0 fully saturated rings. The highest BCUT2D eigenvalue weighted by Gasteiger charge is 2.20. The van der Waals surface area contributed by atoms with Crippen LogP contribution in [0.4, 0.5) is 0 Å². The van der Waals surface area contributed by atoms with Gasteiger partial charge in [0.2, 0.25) is 5.91 Å². The second kappa shape index (κ2) is 8.67. The van der Waals surface area contributed by atoms with Gasteiger partial charge in [0.05, 0.1) is 12.5 Å². The summed E-state index contributed by atoms with van der Waals surface area (Å²) >= 11 is 3.35. The fourth-order valence-corrected chi connectivity index (χ4v) is 2.02. The number of hydrogen-bond donors (Lipinski definition) is 2. The smallest absolute Gasteiger partial charge is 0.308 e. The van der Waals surface area contributed by atoms with Crippen molar-refractivity contribution < 1.29 is 19.4 Å². The lowest BCUT2D eigenvalue weighted by atomic mass is 10.0. The number of aliphatic carboxylic acids is 1. The molecule has 1 aromatic rings. The molecule has 0 aliphatic heterocycles. The van der Waals surface area contributed by atoms with Gasteiger partial charge in [0.15, 0.2) is 0 Å². The standard InChI is InChI=1S/C15H20BrNO4/c1-10(15(19)20)11(2)17-14(18)7-4-8-21-13-6-3-5-12(16)9-13/h3,5-6,9-11H,4,7-8H2,1-2H3,(H,17,18)(H,19,20). The minimum absolute atomic E-state index is 0.159. The molecule has 2 unspecified atom stereocenters. The summed E-state index contributed by atoms with van der Waals surface area (Å²) in [6.45, 7) is 3.70. The van der Waals surface area contributed by atoms with Crippen LogP contribution in [0.5, 0.6) is 5.75 Å². The molecular formula is C15H20BrNO4. The molecule has 1 amide bonds. The van der Waals surface area contributed by atoms with E-state index in [1.54, 1.807) is 13.8 Å². The average molecular weight is 358 g/mol. The van der Waals surface area contributed by atoms with Gasteiger partial charge in [-0.1, -0.05) is 22.0 Å². The topological polar surface area (TPSA) is 75.6 Å². The van der Waals surface area contributed by atoms with Gasteiger partial charge in [-0.3, -0.25) is 9.59 Å². The number of rotatable bonds is 8. The Hall–Kier alpha value is -1.56. The molecule has 1 aromatic carbocycles. The van der Waals surface area contributed by atoms with Crippen LogP contribution < -0.4 is 10.1 Å². The van der Waals surface area contributed by atoms with Crippen molar-refractivity contribution in [2.45, 2.75) is 32.7 Å². The number of hydrogen-bond acceptors (Lipinski definition) is 3. The number of benzene rings is 1. The summed E-state index contributed by atoms with van der Waals surface area (Å²) in [5, 5.41) is 11.5. The first-order chi connectivity index (χ1) is 9.90. The number of ether oxygens (including phenoxy) is 1. The summed E-state index contributed by atoms with van der Waals surface area (Å²) in [6, 6.07) is 7.10. The maximum absolute atomic E-state index is 11.7. The Morgan fingerprint density at radius 2 is 2.10 bits per heavy atom. The van der Waals surface area contributed by atoms with E-state index in [2.05, 4.69) is 21.2 Å². The van der Waals surface area contributed by atoms with Crippen LogP contribution in [-0.4, -0.2) is 29.6 Å². The van der Waals surface area contributed by atoms with Gasteiger partial charge >= 0.3 is 5.97 Å². The normalized spacial score (nSPS) is 13.3. The van der Waals surface area contributed by atoms with Crippen LogP contribution >= 0.6 is 15.9 Å². The first-order valence-corrected chi connectivity index (χ1v) is 7.60.